The smallest absolute Gasteiger partial charge is 0.184 e. The van der Waals surface area contributed by atoms with Crippen LogP contribution in [0.25, 0.3) is 27.1 Å². The van der Waals surface area contributed by atoms with Gasteiger partial charge in [0.05, 0.1) is 27.8 Å². The Morgan fingerprint density at radius 1 is 1.20 bits per heavy atom. The van der Waals surface area contributed by atoms with Crippen molar-refractivity contribution in [2.75, 3.05) is 5.32 Å². The second kappa shape index (κ2) is 6.76. The lowest BCUT2D eigenvalue weighted by atomic mass is 10.0. The fraction of sp³-hybridized carbons (Fsp3) is 0.364. The van der Waals surface area contributed by atoms with Crippen LogP contribution in [-0.2, 0) is 0 Å². The summed E-state index contributed by atoms with van der Waals surface area (Å²) in [6, 6.07) is 7.98. The molecule has 2 bridgehead atoms. The molecule has 2 aliphatic heterocycles. The van der Waals surface area contributed by atoms with Gasteiger partial charge in [-0.2, -0.15) is 5.26 Å². The molecule has 2 N–H and O–H groups in total. The van der Waals surface area contributed by atoms with Crippen LogP contribution in [0.1, 0.15) is 36.9 Å². The van der Waals surface area contributed by atoms with Gasteiger partial charge in [-0.25, -0.2) is 9.97 Å². The van der Waals surface area contributed by atoms with Gasteiger partial charge in [-0.3, -0.25) is 4.98 Å². The summed E-state index contributed by atoms with van der Waals surface area (Å²) >= 11 is 1.67. The van der Waals surface area contributed by atoms with E-state index in [1.54, 1.807) is 11.3 Å². The highest BCUT2D eigenvalue weighted by molar-refractivity contribution is 7.22. The number of thiazole rings is 1. The molecule has 0 aromatic carbocycles. The topological polar surface area (TPSA) is 90.9 Å². The van der Waals surface area contributed by atoms with Gasteiger partial charge in [0.2, 0.25) is 0 Å². The van der Waals surface area contributed by atoms with Crippen LogP contribution in [0.4, 0.5) is 5.13 Å². The number of anilines is 1. The van der Waals surface area contributed by atoms with Crippen molar-refractivity contribution in [3.05, 3.63) is 42.0 Å². The molecule has 0 saturated carbocycles. The minimum Gasteiger partial charge on any atom is -0.359 e. The van der Waals surface area contributed by atoms with Crippen molar-refractivity contribution in [2.45, 2.75) is 50.7 Å². The van der Waals surface area contributed by atoms with Crippen molar-refractivity contribution in [3.8, 4) is 17.3 Å². The van der Waals surface area contributed by atoms with Crippen LogP contribution in [0.15, 0.2) is 30.7 Å². The molecule has 6 rings (SSSR count). The SMILES string of the molecule is Cc1cn2cc(-c3cc4sc(N[C@@H]5C[C@H]6CC[C@@H](C5)N6)nc4cn3)cc(C#N)c2n1. The molecular weight excluding hydrogens is 394 g/mol. The maximum absolute atomic E-state index is 9.54. The fourth-order valence-corrected chi connectivity index (χ4v) is 5.80. The third-order valence-corrected chi connectivity index (χ3v) is 7.11. The Bertz CT molecular complexity index is 1300. The molecule has 8 heteroatoms. The number of hydrogen-bond acceptors (Lipinski definition) is 7. The minimum atomic E-state index is 0.488. The number of pyridine rings is 2. The van der Waals surface area contributed by atoms with Crippen molar-refractivity contribution in [2.24, 2.45) is 0 Å². The molecule has 3 atom stereocenters. The summed E-state index contributed by atoms with van der Waals surface area (Å²) < 4.78 is 3.00. The Labute approximate surface area is 177 Å². The van der Waals surface area contributed by atoms with E-state index in [-0.39, 0.29) is 0 Å². The predicted molar refractivity (Wildman–Crippen MR) is 118 cm³/mol. The highest BCUT2D eigenvalue weighted by Crippen LogP contribution is 2.33. The molecular formula is C22H21N7S. The van der Waals surface area contributed by atoms with E-state index in [0.717, 1.165) is 45.1 Å². The monoisotopic (exact) mass is 415 g/mol. The maximum Gasteiger partial charge on any atom is 0.184 e. The summed E-state index contributed by atoms with van der Waals surface area (Å²) in [5, 5.41) is 17.9. The van der Waals surface area contributed by atoms with E-state index in [1.165, 1.54) is 12.8 Å². The summed E-state index contributed by atoms with van der Waals surface area (Å²) in [6.07, 6.45) is 10.7. The molecule has 2 saturated heterocycles. The molecule has 0 spiro atoms. The van der Waals surface area contributed by atoms with E-state index in [4.69, 9.17) is 4.98 Å². The van der Waals surface area contributed by atoms with Crippen LogP contribution in [0, 0.1) is 18.3 Å². The van der Waals surface area contributed by atoms with Gasteiger partial charge in [0.1, 0.15) is 11.6 Å². The first-order valence-corrected chi connectivity index (χ1v) is 11.2. The summed E-state index contributed by atoms with van der Waals surface area (Å²) in [6.45, 7) is 1.93. The van der Waals surface area contributed by atoms with Gasteiger partial charge < -0.3 is 15.0 Å². The van der Waals surface area contributed by atoms with Crippen molar-refractivity contribution in [1.82, 2.24) is 24.7 Å². The molecule has 0 radical (unpaired) electrons. The molecule has 4 aromatic rings. The molecule has 6 heterocycles. The molecule has 4 aromatic heterocycles. The zero-order chi connectivity index (χ0) is 20.2. The van der Waals surface area contributed by atoms with Crippen LogP contribution >= 0.6 is 11.3 Å². The van der Waals surface area contributed by atoms with Gasteiger partial charge in [-0.05, 0) is 44.7 Å². The largest absolute Gasteiger partial charge is 0.359 e. The van der Waals surface area contributed by atoms with Gasteiger partial charge in [0.25, 0.3) is 0 Å². The molecule has 0 aliphatic carbocycles. The average Bonchev–Trinajstić information content (AvgIpc) is 3.41. The molecule has 2 aliphatic rings. The second-order valence-electron chi connectivity index (χ2n) is 8.37. The van der Waals surface area contributed by atoms with Gasteiger partial charge >= 0.3 is 0 Å². The highest BCUT2D eigenvalue weighted by Gasteiger charge is 2.33. The van der Waals surface area contributed by atoms with Crippen molar-refractivity contribution in [1.29, 1.82) is 5.26 Å². The van der Waals surface area contributed by atoms with Crippen LogP contribution < -0.4 is 10.6 Å². The third-order valence-electron chi connectivity index (χ3n) is 6.16. The number of piperidine rings is 1. The Morgan fingerprint density at radius 3 is 2.83 bits per heavy atom. The molecule has 2 fully saturated rings. The first-order valence-electron chi connectivity index (χ1n) is 10.3. The molecule has 0 amide bonds. The normalized spacial score (nSPS) is 23.1. The summed E-state index contributed by atoms with van der Waals surface area (Å²) in [7, 11) is 0. The van der Waals surface area contributed by atoms with E-state index in [1.807, 2.05) is 36.0 Å². The number of aromatic nitrogens is 4. The predicted octanol–water partition coefficient (Wildman–Crippen LogP) is 3.88. The third kappa shape index (κ3) is 3.02. The zero-order valence-corrected chi connectivity index (χ0v) is 17.4. The number of fused-ring (bicyclic) bond motifs is 4. The molecule has 30 heavy (non-hydrogen) atoms. The Kier molecular flexibility index (Phi) is 4.01. The van der Waals surface area contributed by atoms with Crippen molar-refractivity contribution >= 4 is 32.3 Å². The highest BCUT2D eigenvalue weighted by atomic mass is 32.1. The minimum absolute atomic E-state index is 0.488. The number of hydrogen-bond donors (Lipinski definition) is 2. The first-order chi connectivity index (χ1) is 14.6. The van der Waals surface area contributed by atoms with Crippen LogP contribution in [0.5, 0.6) is 0 Å². The summed E-state index contributed by atoms with van der Waals surface area (Å²) in [4.78, 5) is 13.8. The van der Waals surface area contributed by atoms with Gasteiger partial charge in [-0.15, -0.1) is 0 Å². The van der Waals surface area contributed by atoms with Crippen LogP contribution in [0.2, 0.25) is 0 Å². The van der Waals surface area contributed by atoms with E-state index in [2.05, 4.69) is 32.7 Å². The van der Waals surface area contributed by atoms with Crippen LogP contribution in [-0.4, -0.2) is 37.5 Å². The Morgan fingerprint density at radius 2 is 2.03 bits per heavy atom. The number of rotatable bonds is 3. The van der Waals surface area contributed by atoms with Crippen molar-refractivity contribution < 1.29 is 0 Å². The standard InChI is InChI=1S/C22H21N7S/c1-12-10-29-11-14(4-13(8-23)21(29)25-12)18-7-20-19(9-24-18)28-22(30-20)27-17-5-15-2-3-16(6-17)26-15/h4,7,9-11,15-17,26H,2-3,5-6H2,1H3,(H,27,28)/t15-,16+,17-. The molecule has 7 nitrogen and oxygen atoms in total. The van der Waals surface area contributed by atoms with Gasteiger partial charge in [-0.1, -0.05) is 11.3 Å². The van der Waals surface area contributed by atoms with Gasteiger partial charge in [0.15, 0.2) is 10.8 Å². The Balaban J connectivity index is 1.32. The quantitative estimate of drug-likeness (QED) is 0.528. The van der Waals surface area contributed by atoms with E-state index in [9.17, 15) is 5.26 Å². The fourth-order valence-electron chi connectivity index (χ4n) is 4.84. The number of nitrogens with zero attached hydrogens (tertiary/aromatic N) is 5. The number of nitrogens with one attached hydrogen (secondary N) is 2. The molecule has 0 unspecified atom stereocenters. The summed E-state index contributed by atoms with van der Waals surface area (Å²) in [5.74, 6) is 0. The maximum atomic E-state index is 9.54. The van der Waals surface area contributed by atoms with Gasteiger partial charge in [0, 0.05) is 36.1 Å². The summed E-state index contributed by atoms with van der Waals surface area (Å²) in [5.41, 5.74) is 4.76. The lowest BCUT2D eigenvalue weighted by Gasteiger charge is -2.29. The first kappa shape index (κ1) is 17.8. The lowest BCUT2D eigenvalue weighted by molar-refractivity contribution is 0.378. The van der Waals surface area contributed by atoms with E-state index >= 15 is 0 Å². The van der Waals surface area contributed by atoms with E-state index in [0.29, 0.717) is 29.3 Å². The lowest BCUT2D eigenvalue weighted by Crippen LogP contribution is -2.43. The molecule has 150 valence electrons. The van der Waals surface area contributed by atoms with E-state index < -0.39 is 0 Å². The average molecular weight is 416 g/mol. The number of imidazole rings is 1. The Hall–Kier alpha value is -3.02. The zero-order valence-electron chi connectivity index (χ0n) is 16.6. The van der Waals surface area contributed by atoms with Crippen molar-refractivity contribution in [3.63, 3.8) is 0 Å². The second-order valence-corrected chi connectivity index (χ2v) is 9.40. The number of aryl methyl sites for hydroxylation is 1. The van der Waals surface area contributed by atoms with Crippen LogP contribution in [0.3, 0.4) is 0 Å². The number of nitriles is 1.